The molecule has 2 atom stereocenters. The highest BCUT2D eigenvalue weighted by Crippen LogP contribution is 2.28. The van der Waals surface area contributed by atoms with Crippen molar-refractivity contribution in [1.82, 2.24) is 0 Å². The van der Waals surface area contributed by atoms with E-state index in [0.717, 1.165) is 12.8 Å². The van der Waals surface area contributed by atoms with Crippen LogP contribution in [0.5, 0.6) is 0 Å². The summed E-state index contributed by atoms with van der Waals surface area (Å²) >= 11 is 1.18. The molecule has 1 amide bonds. The Hall–Kier alpha value is -1.44. The summed E-state index contributed by atoms with van der Waals surface area (Å²) in [7, 11) is 0. The van der Waals surface area contributed by atoms with Crippen LogP contribution in [0.25, 0.3) is 0 Å². The van der Waals surface area contributed by atoms with E-state index in [2.05, 4.69) is 5.32 Å². The van der Waals surface area contributed by atoms with E-state index in [4.69, 9.17) is 10.8 Å². The fourth-order valence-electron chi connectivity index (χ4n) is 2.90. The summed E-state index contributed by atoms with van der Waals surface area (Å²) in [4.78, 5) is 23.0. The van der Waals surface area contributed by atoms with Crippen LogP contribution in [-0.4, -0.2) is 34.2 Å². The number of hydrogen-bond donors (Lipinski definition) is 4. The van der Waals surface area contributed by atoms with E-state index in [0.29, 0.717) is 12.3 Å². The highest BCUT2D eigenvalue weighted by Gasteiger charge is 2.27. The Morgan fingerprint density at radius 2 is 2.00 bits per heavy atom. The first-order chi connectivity index (χ1) is 10.5. The van der Waals surface area contributed by atoms with Gasteiger partial charge in [-0.05, 0) is 12.3 Å². The number of aliphatic hydroxyl groups is 1. The maximum absolute atomic E-state index is 12.0. The standard InChI is InChI=1S/C15H22N2O4S/c16-11(6-9-4-2-1-3-5-9)13(18)14(19)17-12-8-22-7-10(12)15(20)21/h7-9,11,13,18H,1-6,16H2,(H,17,19)(H,20,21)/t11-,13?/m1/s1. The van der Waals surface area contributed by atoms with Gasteiger partial charge < -0.3 is 21.3 Å². The molecule has 0 radical (unpaired) electrons. The third-order valence-corrected chi connectivity index (χ3v) is 4.90. The number of hydrogen-bond acceptors (Lipinski definition) is 5. The second-order valence-corrected chi connectivity index (χ2v) is 6.59. The maximum atomic E-state index is 12.0. The zero-order chi connectivity index (χ0) is 16.1. The Bertz CT molecular complexity index is 525. The lowest BCUT2D eigenvalue weighted by atomic mass is 9.84. The summed E-state index contributed by atoms with van der Waals surface area (Å²) < 4.78 is 0. The third-order valence-electron chi connectivity index (χ3n) is 4.15. The molecule has 0 spiro atoms. The number of nitrogens with two attached hydrogens (primary N) is 1. The predicted octanol–water partition coefficient (Wildman–Crippen LogP) is 2.04. The largest absolute Gasteiger partial charge is 0.478 e. The minimum absolute atomic E-state index is 0.0198. The molecule has 1 aliphatic carbocycles. The predicted molar refractivity (Wildman–Crippen MR) is 85.1 cm³/mol. The van der Waals surface area contributed by atoms with E-state index in [1.165, 1.54) is 41.4 Å². The van der Waals surface area contributed by atoms with Crippen molar-refractivity contribution >= 4 is 28.9 Å². The zero-order valence-electron chi connectivity index (χ0n) is 12.3. The smallest absolute Gasteiger partial charge is 0.338 e. The van der Waals surface area contributed by atoms with E-state index in [1.807, 2.05) is 0 Å². The van der Waals surface area contributed by atoms with Gasteiger partial charge in [0.05, 0.1) is 11.3 Å². The molecule has 22 heavy (non-hydrogen) atoms. The number of anilines is 1. The molecule has 1 fully saturated rings. The van der Waals surface area contributed by atoms with Crippen molar-refractivity contribution in [3.63, 3.8) is 0 Å². The molecule has 2 rings (SSSR count). The van der Waals surface area contributed by atoms with Crippen molar-refractivity contribution in [1.29, 1.82) is 0 Å². The van der Waals surface area contributed by atoms with Crippen molar-refractivity contribution in [2.75, 3.05) is 5.32 Å². The lowest BCUT2D eigenvalue weighted by Gasteiger charge is -2.26. The molecule has 0 aromatic carbocycles. The number of carbonyl (C=O) groups is 2. The van der Waals surface area contributed by atoms with Gasteiger partial charge in [0.15, 0.2) is 0 Å². The van der Waals surface area contributed by atoms with E-state index in [-0.39, 0.29) is 11.3 Å². The first-order valence-corrected chi connectivity index (χ1v) is 8.47. The molecule has 0 bridgehead atoms. The number of aliphatic hydroxyl groups excluding tert-OH is 1. The molecule has 1 aliphatic rings. The van der Waals surface area contributed by atoms with Crippen molar-refractivity contribution < 1.29 is 19.8 Å². The monoisotopic (exact) mass is 326 g/mol. The lowest BCUT2D eigenvalue weighted by Crippen LogP contribution is -2.44. The third kappa shape index (κ3) is 4.28. The van der Waals surface area contributed by atoms with Gasteiger partial charge in [0.25, 0.3) is 5.91 Å². The number of thiophene rings is 1. The van der Waals surface area contributed by atoms with Crippen LogP contribution in [0.15, 0.2) is 10.8 Å². The van der Waals surface area contributed by atoms with Crippen LogP contribution in [0.4, 0.5) is 5.69 Å². The first-order valence-electron chi connectivity index (χ1n) is 7.53. The van der Waals surface area contributed by atoms with Crippen LogP contribution in [0, 0.1) is 5.92 Å². The van der Waals surface area contributed by atoms with Gasteiger partial charge in [-0.3, -0.25) is 4.79 Å². The number of carboxylic acids is 1. The van der Waals surface area contributed by atoms with Gasteiger partial charge in [-0.2, -0.15) is 0 Å². The van der Waals surface area contributed by atoms with Gasteiger partial charge in [-0.1, -0.05) is 32.1 Å². The number of amides is 1. The topological polar surface area (TPSA) is 113 Å². The molecule has 1 saturated carbocycles. The summed E-state index contributed by atoms with van der Waals surface area (Å²) in [6.07, 6.45) is 5.07. The molecular formula is C15H22N2O4S. The molecule has 1 heterocycles. The minimum Gasteiger partial charge on any atom is -0.478 e. The molecule has 5 N–H and O–H groups in total. The Kier molecular flexibility index (Phi) is 5.93. The van der Waals surface area contributed by atoms with Crippen LogP contribution in [0.1, 0.15) is 48.9 Å². The Labute approximate surface area is 133 Å². The molecule has 7 heteroatoms. The summed E-state index contributed by atoms with van der Waals surface area (Å²) in [6.45, 7) is 0. The summed E-state index contributed by atoms with van der Waals surface area (Å²) in [6, 6.07) is -0.630. The summed E-state index contributed by atoms with van der Waals surface area (Å²) in [5.41, 5.74) is 6.17. The Balaban J connectivity index is 1.90. The minimum atomic E-state index is -1.33. The van der Waals surface area contributed by atoms with Gasteiger partial charge in [-0.25, -0.2) is 4.79 Å². The van der Waals surface area contributed by atoms with Crippen LogP contribution >= 0.6 is 11.3 Å². The van der Waals surface area contributed by atoms with Gasteiger partial charge in [0.1, 0.15) is 6.10 Å². The number of carbonyl (C=O) groups excluding carboxylic acids is 1. The average Bonchev–Trinajstić information content (AvgIpc) is 2.95. The van der Waals surface area contributed by atoms with Crippen molar-refractivity contribution in [3.8, 4) is 0 Å². The molecule has 0 aliphatic heterocycles. The van der Waals surface area contributed by atoms with Gasteiger partial charge in [0.2, 0.25) is 0 Å². The fourth-order valence-corrected chi connectivity index (χ4v) is 3.65. The summed E-state index contributed by atoms with van der Waals surface area (Å²) in [5.74, 6) is -1.30. The molecule has 1 aromatic rings. The Morgan fingerprint density at radius 3 is 2.64 bits per heavy atom. The summed E-state index contributed by atoms with van der Waals surface area (Å²) in [5, 5.41) is 24.5. The van der Waals surface area contributed by atoms with Crippen LogP contribution in [-0.2, 0) is 4.79 Å². The molecule has 6 nitrogen and oxygen atoms in total. The highest BCUT2D eigenvalue weighted by molar-refractivity contribution is 7.08. The van der Waals surface area contributed by atoms with E-state index < -0.39 is 24.0 Å². The SMILES string of the molecule is N[C@H](CC1CCCCC1)C(O)C(=O)Nc1cscc1C(=O)O. The first kappa shape index (κ1) is 16.9. The van der Waals surface area contributed by atoms with Gasteiger partial charge in [0, 0.05) is 16.8 Å². The van der Waals surface area contributed by atoms with Crippen molar-refractivity contribution in [3.05, 3.63) is 16.3 Å². The molecule has 1 aromatic heterocycles. The van der Waals surface area contributed by atoms with Gasteiger partial charge in [-0.15, -0.1) is 11.3 Å². The molecule has 0 saturated heterocycles. The van der Waals surface area contributed by atoms with Gasteiger partial charge >= 0.3 is 5.97 Å². The lowest BCUT2D eigenvalue weighted by molar-refractivity contribution is -0.125. The second kappa shape index (κ2) is 7.71. The van der Waals surface area contributed by atoms with Crippen LogP contribution in [0.3, 0.4) is 0 Å². The quantitative estimate of drug-likeness (QED) is 0.639. The van der Waals surface area contributed by atoms with E-state index >= 15 is 0 Å². The molecule has 1 unspecified atom stereocenters. The maximum Gasteiger partial charge on any atom is 0.338 e. The molecular weight excluding hydrogens is 304 g/mol. The van der Waals surface area contributed by atoms with Crippen molar-refractivity contribution in [2.45, 2.75) is 50.7 Å². The van der Waals surface area contributed by atoms with E-state index in [1.54, 1.807) is 0 Å². The number of rotatable bonds is 6. The van der Waals surface area contributed by atoms with Crippen molar-refractivity contribution in [2.24, 2.45) is 11.7 Å². The Morgan fingerprint density at radius 1 is 1.32 bits per heavy atom. The number of aromatic carboxylic acids is 1. The normalized spacial score (nSPS) is 18.6. The zero-order valence-corrected chi connectivity index (χ0v) is 13.1. The molecule has 122 valence electrons. The number of carboxylic acid groups (broad SMARTS) is 1. The second-order valence-electron chi connectivity index (χ2n) is 5.84. The fraction of sp³-hybridized carbons (Fsp3) is 0.600. The van der Waals surface area contributed by atoms with Crippen LogP contribution in [0.2, 0.25) is 0 Å². The van der Waals surface area contributed by atoms with Crippen LogP contribution < -0.4 is 11.1 Å². The number of nitrogens with one attached hydrogen (secondary N) is 1. The average molecular weight is 326 g/mol. The van der Waals surface area contributed by atoms with E-state index in [9.17, 15) is 14.7 Å². The highest BCUT2D eigenvalue weighted by atomic mass is 32.1.